The molecule has 0 aliphatic rings. The van der Waals surface area contributed by atoms with Crippen LogP contribution in [0.15, 0.2) is 24.3 Å². The molecule has 0 bridgehead atoms. The van der Waals surface area contributed by atoms with Crippen LogP contribution in [-0.4, -0.2) is 49.9 Å². The molecule has 9 heteroatoms. The highest BCUT2D eigenvalue weighted by Gasteiger charge is 2.25. The second kappa shape index (κ2) is 47.0. The minimum Gasteiger partial charge on any atom is -0.457 e. The molecule has 0 aliphatic carbocycles. The van der Waals surface area contributed by atoms with E-state index in [-0.39, 0.29) is 32.3 Å². The van der Waals surface area contributed by atoms with Crippen molar-refractivity contribution in [1.29, 1.82) is 0 Å². The second-order valence-corrected chi connectivity index (χ2v) is 18.1. The van der Waals surface area contributed by atoms with E-state index in [9.17, 15) is 14.3 Å². The van der Waals surface area contributed by atoms with Gasteiger partial charge >= 0.3 is 13.8 Å². The summed E-state index contributed by atoms with van der Waals surface area (Å²) in [6, 6.07) is 0. The SMILES string of the molecule is CCCCCCCC/C=C\CCCCCCCCCCCCOCC(COP(=O)(O)OCCN)OC(=O)CCCCCCCCCCC/C=C\CCCCCCCC. The number of carbonyl (C=O) groups is 1. The number of phosphoric acid groups is 1. The summed E-state index contributed by atoms with van der Waals surface area (Å²) in [6.45, 7) is 4.95. The van der Waals surface area contributed by atoms with Crippen LogP contribution in [0.5, 0.6) is 0 Å². The van der Waals surface area contributed by atoms with Gasteiger partial charge in [-0.2, -0.15) is 0 Å². The smallest absolute Gasteiger partial charge is 0.457 e. The number of ether oxygens (including phenoxy) is 2. The highest BCUT2D eigenvalue weighted by molar-refractivity contribution is 7.47. The lowest BCUT2D eigenvalue weighted by atomic mass is 10.1. The Balaban J connectivity index is 3.94. The molecule has 0 aromatic heterocycles. The van der Waals surface area contributed by atoms with E-state index in [4.69, 9.17) is 24.3 Å². The van der Waals surface area contributed by atoms with Crippen molar-refractivity contribution in [2.75, 3.05) is 33.0 Å². The number of unbranched alkanes of at least 4 members (excludes halogenated alkanes) is 31. The third-order valence-corrected chi connectivity index (χ3v) is 11.8. The van der Waals surface area contributed by atoms with Gasteiger partial charge in [-0.15, -0.1) is 0 Å². The van der Waals surface area contributed by atoms with Crippen molar-refractivity contribution in [2.24, 2.45) is 5.73 Å². The van der Waals surface area contributed by atoms with Crippen LogP contribution in [0.1, 0.15) is 245 Å². The zero-order valence-corrected chi connectivity index (χ0v) is 39.2. The molecular weight excluding hydrogens is 746 g/mol. The predicted molar refractivity (Wildman–Crippen MR) is 247 cm³/mol. The first-order chi connectivity index (χ1) is 28.4. The Morgan fingerprint density at radius 2 is 0.862 bits per heavy atom. The maximum Gasteiger partial charge on any atom is 0.472 e. The fraction of sp³-hybridized carbons (Fsp3) is 0.898. The Labute approximate surface area is 359 Å². The van der Waals surface area contributed by atoms with Crippen LogP contribution in [0.25, 0.3) is 0 Å². The van der Waals surface area contributed by atoms with Crippen molar-refractivity contribution in [3.8, 4) is 0 Å². The van der Waals surface area contributed by atoms with Crippen LogP contribution < -0.4 is 5.73 Å². The van der Waals surface area contributed by atoms with E-state index >= 15 is 0 Å². The maximum absolute atomic E-state index is 12.6. The molecule has 0 spiro atoms. The third-order valence-electron chi connectivity index (χ3n) is 10.8. The van der Waals surface area contributed by atoms with Crippen molar-refractivity contribution in [2.45, 2.75) is 251 Å². The van der Waals surface area contributed by atoms with Gasteiger partial charge in [0, 0.05) is 19.6 Å². The number of esters is 1. The van der Waals surface area contributed by atoms with Gasteiger partial charge in [0.25, 0.3) is 0 Å². The lowest BCUT2D eigenvalue weighted by Crippen LogP contribution is -2.28. The van der Waals surface area contributed by atoms with Crippen LogP contribution in [-0.2, 0) is 27.9 Å². The van der Waals surface area contributed by atoms with Gasteiger partial charge in [-0.05, 0) is 64.2 Å². The average molecular weight is 842 g/mol. The lowest BCUT2D eigenvalue weighted by Gasteiger charge is -2.20. The first kappa shape index (κ1) is 57.0. The van der Waals surface area contributed by atoms with Gasteiger partial charge in [-0.3, -0.25) is 13.8 Å². The largest absolute Gasteiger partial charge is 0.472 e. The molecule has 0 aromatic rings. The average Bonchev–Trinajstić information content (AvgIpc) is 3.21. The molecule has 0 amide bonds. The van der Waals surface area contributed by atoms with E-state index in [0.717, 1.165) is 32.1 Å². The summed E-state index contributed by atoms with van der Waals surface area (Å²) in [4.78, 5) is 22.6. The molecular formula is C49H96NO7P. The minimum atomic E-state index is -4.28. The molecule has 0 heterocycles. The van der Waals surface area contributed by atoms with Crippen molar-refractivity contribution < 1.29 is 32.8 Å². The van der Waals surface area contributed by atoms with Gasteiger partial charge in [0.1, 0.15) is 6.10 Å². The first-order valence-corrected chi connectivity index (χ1v) is 26.3. The number of hydrogen-bond acceptors (Lipinski definition) is 7. The summed E-state index contributed by atoms with van der Waals surface area (Å²) >= 11 is 0. The molecule has 0 aromatic carbocycles. The van der Waals surface area contributed by atoms with E-state index < -0.39 is 13.9 Å². The van der Waals surface area contributed by atoms with Gasteiger partial charge in [0.05, 0.1) is 19.8 Å². The van der Waals surface area contributed by atoms with E-state index in [1.54, 1.807) is 0 Å². The molecule has 0 rings (SSSR count). The molecule has 2 unspecified atom stereocenters. The predicted octanol–water partition coefficient (Wildman–Crippen LogP) is 15.2. The second-order valence-electron chi connectivity index (χ2n) is 16.7. The standard InChI is InChI=1S/C49H96NO7P/c1-3-5-7-9-11-13-15-17-19-21-23-25-27-29-31-33-35-37-39-41-44-54-46-48(47-56-58(52,53)55-45-43-50)57-49(51)42-40-38-36-34-32-30-28-26-24-22-20-18-16-14-12-10-8-6-4-2/h17-20,48H,3-16,21-47,50H2,1-2H3,(H,52,53)/b19-17-,20-18-. The topological polar surface area (TPSA) is 117 Å². The van der Waals surface area contributed by atoms with Crippen LogP contribution in [0.3, 0.4) is 0 Å². The zero-order chi connectivity index (χ0) is 42.3. The summed E-state index contributed by atoms with van der Waals surface area (Å²) in [5.74, 6) is -0.329. The lowest BCUT2D eigenvalue weighted by molar-refractivity contribution is -0.154. The Morgan fingerprint density at radius 1 is 0.500 bits per heavy atom. The number of allylic oxidation sites excluding steroid dienone is 4. The molecule has 0 fully saturated rings. The monoisotopic (exact) mass is 842 g/mol. The van der Waals surface area contributed by atoms with Gasteiger partial charge in [0.2, 0.25) is 0 Å². The highest BCUT2D eigenvalue weighted by atomic mass is 31.2. The molecule has 0 radical (unpaired) electrons. The Bertz CT molecular complexity index is 946. The number of phosphoric ester groups is 1. The van der Waals surface area contributed by atoms with E-state index in [1.807, 2.05) is 0 Å². The van der Waals surface area contributed by atoms with Crippen molar-refractivity contribution in [3.05, 3.63) is 24.3 Å². The van der Waals surface area contributed by atoms with E-state index in [0.29, 0.717) is 13.0 Å². The van der Waals surface area contributed by atoms with Crippen molar-refractivity contribution in [1.82, 2.24) is 0 Å². The molecule has 0 saturated heterocycles. The normalized spacial score (nSPS) is 13.5. The van der Waals surface area contributed by atoms with E-state index in [1.165, 1.54) is 193 Å². The minimum absolute atomic E-state index is 0.0943. The Kier molecular flexibility index (Phi) is 46.2. The number of rotatable bonds is 48. The summed E-state index contributed by atoms with van der Waals surface area (Å²) in [5.41, 5.74) is 5.38. The van der Waals surface area contributed by atoms with Crippen molar-refractivity contribution in [3.63, 3.8) is 0 Å². The van der Waals surface area contributed by atoms with Gasteiger partial charge in [-0.25, -0.2) is 4.57 Å². The first-order valence-electron chi connectivity index (χ1n) is 24.8. The fourth-order valence-electron chi connectivity index (χ4n) is 7.16. The molecule has 2 atom stereocenters. The molecule has 3 N–H and O–H groups in total. The number of hydrogen-bond donors (Lipinski definition) is 2. The van der Waals surface area contributed by atoms with Crippen LogP contribution in [0.2, 0.25) is 0 Å². The quantitative estimate of drug-likeness (QED) is 0.0269. The van der Waals surface area contributed by atoms with E-state index in [2.05, 4.69) is 38.2 Å². The molecule has 0 saturated carbocycles. The molecule has 344 valence electrons. The fourth-order valence-corrected chi connectivity index (χ4v) is 7.93. The van der Waals surface area contributed by atoms with Crippen LogP contribution in [0, 0.1) is 0 Å². The summed E-state index contributed by atoms with van der Waals surface area (Å²) in [6.07, 6.45) is 53.4. The zero-order valence-electron chi connectivity index (χ0n) is 38.3. The maximum atomic E-state index is 12.6. The summed E-state index contributed by atoms with van der Waals surface area (Å²) in [7, 11) is -4.28. The van der Waals surface area contributed by atoms with Crippen LogP contribution >= 0.6 is 7.82 Å². The number of nitrogens with two attached hydrogens (primary N) is 1. The summed E-state index contributed by atoms with van der Waals surface area (Å²) < 4.78 is 33.6. The Hall–Kier alpha value is -1.02. The number of carbonyl (C=O) groups excluding carboxylic acids is 1. The molecule has 58 heavy (non-hydrogen) atoms. The third kappa shape index (κ3) is 46.1. The van der Waals surface area contributed by atoms with Crippen molar-refractivity contribution >= 4 is 13.8 Å². The van der Waals surface area contributed by atoms with Crippen LogP contribution in [0.4, 0.5) is 0 Å². The van der Waals surface area contributed by atoms with Gasteiger partial charge in [0.15, 0.2) is 0 Å². The van der Waals surface area contributed by atoms with Gasteiger partial charge in [-0.1, -0.05) is 199 Å². The summed E-state index contributed by atoms with van der Waals surface area (Å²) in [5, 5.41) is 0. The molecule has 8 nitrogen and oxygen atoms in total. The van der Waals surface area contributed by atoms with Gasteiger partial charge < -0.3 is 20.1 Å². The Morgan fingerprint density at radius 3 is 1.26 bits per heavy atom. The highest BCUT2D eigenvalue weighted by Crippen LogP contribution is 2.43. The molecule has 0 aliphatic heterocycles.